The molecule has 0 unspecified atom stereocenters. The van der Waals surface area contributed by atoms with Gasteiger partial charge in [-0.2, -0.15) is 0 Å². The molecule has 2 nitrogen and oxygen atoms in total. The number of allylic oxidation sites excluding steroid dienone is 1. The highest BCUT2D eigenvalue weighted by atomic mass is 16.3. The first-order chi connectivity index (χ1) is 8.89. The van der Waals surface area contributed by atoms with Crippen molar-refractivity contribution in [1.29, 1.82) is 0 Å². The molecule has 0 spiro atoms. The van der Waals surface area contributed by atoms with Gasteiger partial charge in [0.1, 0.15) is 5.60 Å². The van der Waals surface area contributed by atoms with Gasteiger partial charge in [-0.05, 0) is 45.4 Å². The summed E-state index contributed by atoms with van der Waals surface area (Å²) in [7, 11) is 0. The lowest BCUT2D eigenvalue weighted by molar-refractivity contribution is -0.171. The average molecular weight is 262 g/mol. The van der Waals surface area contributed by atoms with Crippen molar-refractivity contribution in [3.8, 4) is 0 Å². The summed E-state index contributed by atoms with van der Waals surface area (Å²) < 4.78 is 0. The largest absolute Gasteiger partial charge is 0.382 e. The van der Waals surface area contributed by atoms with E-state index in [4.69, 9.17) is 0 Å². The van der Waals surface area contributed by atoms with Gasteiger partial charge in [-0.25, -0.2) is 0 Å². The van der Waals surface area contributed by atoms with Crippen LogP contribution in [0, 0.1) is 23.2 Å². The summed E-state index contributed by atoms with van der Waals surface area (Å²) in [5.74, 6) is 1.08. The van der Waals surface area contributed by atoms with Gasteiger partial charge in [-0.3, -0.25) is 4.79 Å². The lowest BCUT2D eigenvalue weighted by Gasteiger charge is -2.58. The lowest BCUT2D eigenvalue weighted by Crippen LogP contribution is -2.65. The number of rotatable bonds is 0. The zero-order valence-electron chi connectivity index (χ0n) is 12.4. The van der Waals surface area contributed by atoms with Crippen LogP contribution >= 0.6 is 0 Å². The zero-order chi connectivity index (χ0) is 13.8. The van der Waals surface area contributed by atoms with E-state index >= 15 is 0 Å². The SMILES string of the molecule is CC1=C[C@]2(C)C(=O)[C@@](C)(O)[C@H]1[C@@H]1CCCCCC[C@@H]12. The van der Waals surface area contributed by atoms with E-state index in [1.165, 1.54) is 37.7 Å². The Kier molecular flexibility index (Phi) is 2.94. The maximum atomic E-state index is 12.7. The Morgan fingerprint density at radius 2 is 1.79 bits per heavy atom. The Hall–Kier alpha value is -0.630. The smallest absolute Gasteiger partial charge is 0.174 e. The number of carbonyl (C=O) groups excluding carboxylic acids is 1. The molecule has 1 N–H and O–H groups in total. The first-order valence-corrected chi connectivity index (χ1v) is 7.85. The van der Waals surface area contributed by atoms with Crippen LogP contribution in [0.4, 0.5) is 0 Å². The number of hydrogen-bond acceptors (Lipinski definition) is 2. The normalized spacial score (nSPS) is 50.2. The minimum absolute atomic E-state index is 0.0601. The molecule has 2 bridgehead atoms. The fourth-order valence-corrected chi connectivity index (χ4v) is 5.44. The Morgan fingerprint density at radius 1 is 1.16 bits per heavy atom. The summed E-state index contributed by atoms with van der Waals surface area (Å²) in [6, 6.07) is 0. The molecule has 4 aliphatic carbocycles. The van der Waals surface area contributed by atoms with E-state index in [1.807, 2.05) is 0 Å². The molecule has 0 aliphatic heterocycles. The van der Waals surface area contributed by atoms with Gasteiger partial charge in [0.05, 0.1) is 5.41 Å². The summed E-state index contributed by atoms with van der Waals surface area (Å²) in [5, 5.41) is 10.8. The molecule has 2 heteroatoms. The fraction of sp³-hybridized carbons (Fsp3) is 0.824. The van der Waals surface area contributed by atoms with Gasteiger partial charge in [-0.15, -0.1) is 0 Å². The van der Waals surface area contributed by atoms with Crippen molar-refractivity contribution in [3.05, 3.63) is 11.6 Å². The summed E-state index contributed by atoms with van der Waals surface area (Å²) in [4.78, 5) is 12.7. The van der Waals surface area contributed by atoms with Crippen LogP contribution < -0.4 is 0 Å². The Bertz CT molecular complexity index is 435. The van der Waals surface area contributed by atoms with Crippen molar-refractivity contribution in [2.24, 2.45) is 23.2 Å². The third kappa shape index (κ3) is 1.68. The third-order valence-electron chi connectivity index (χ3n) is 6.09. The molecule has 4 rings (SSSR count). The number of Topliss-reactive ketones (excluding diaryl/α,β-unsaturated/α-hetero) is 1. The van der Waals surface area contributed by atoms with Crippen LogP contribution in [0.3, 0.4) is 0 Å². The lowest BCUT2D eigenvalue weighted by atomic mass is 9.45. The molecule has 0 heterocycles. The molecule has 0 aromatic heterocycles. The summed E-state index contributed by atoms with van der Waals surface area (Å²) >= 11 is 0. The molecule has 0 saturated heterocycles. The second-order valence-electron chi connectivity index (χ2n) is 7.39. The van der Waals surface area contributed by atoms with Crippen molar-refractivity contribution in [2.45, 2.75) is 64.9 Å². The number of ketones is 1. The highest BCUT2D eigenvalue weighted by molar-refractivity contribution is 5.97. The van der Waals surface area contributed by atoms with Crippen LogP contribution in [0.5, 0.6) is 0 Å². The molecule has 5 atom stereocenters. The minimum atomic E-state index is -1.14. The van der Waals surface area contributed by atoms with Gasteiger partial charge in [-0.1, -0.05) is 37.3 Å². The quantitative estimate of drug-likeness (QED) is 0.679. The highest BCUT2D eigenvalue weighted by Crippen LogP contribution is 2.60. The molecular formula is C17H26O2. The Labute approximate surface area is 116 Å². The minimum Gasteiger partial charge on any atom is -0.382 e. The molecule has 2 fully saturated rings. The summed E-state index contributed by atoms with van der Waals surface area (Å²) in [6.45, 7) is 5.94. The van der Waals surface area contributed by atoms with Crippen LogP contribution in [-0.2, 0) is 4.79 Å². The zero-order valence-corrected chi connectivity index (χ0v) is 12.4. The molecule has 0 amide bonds. The van der Waals surface area contributed by atoms with E-state index in [9.17, 15) is 9.90 Å². The van der Waals surface area contributed by atoms with Crippen LogP contribution in [0.1, 0.15) is 59.3 Å². The predicted molar refractivity (Wildman–Crippen MR) is 75.7 cm³/mol. The van der Waals surface area contributed by atoms with Crippen molar-refractivity contribution in [3.63, 3.8) is 0 Å². The van der Waals surface area contributed by atoms with Crippen LogP contribution in [0.2, 0.25) is 0 Å². The molecule has 0 aromatic rings. The van der Waals surface area contributed by atoms with Gasteiger partial charge < -0.3 is 5.11 Å². The van der Waals surface area contributed by atoms with Crippen molar-refractivity contribution < 1.29 is 9.90 Å². The third-order valence-corrected chi connectivity index (χ3v) is 6.09. The van der Waals surface area contributed by atoms with E-state index in [0.717, 1.165) is 6.42 Å². The predicted octanol–water partition coefficient (Wildman–Crippen LogP) is 3.49. The van der Waals surface area contributed by atoms with Crippen molar-refractivity contribution in [1.82, 2.24) is 0 Å². The van der Waals surface area contributed by atoms with E-state index in [2.05, 4.69) is 19.9 Å². The standard InChI is InChI=1S/C17H26O2/c1-11-10-16(2)13-9-7-5-4-6-8-12(13)14(11)17(3,19)15(16)18/h10,12-14,19H,4-9H2,1-3H3/t12-,13+,14-,16+,17+/m1/s1. The first-order valence-electron chi connectivity index (χ1n) is 7.85. The first kappa shape index (κ1) is 13.4. The van der Waals surface area contributed by atoms with Gasteiger partial charge in [0.25, 0.3) is 0 Å². The number of hydrogen-bond donors (Lipinski definition) is 1. The van der Waals surface area contributed by atoms with E-state index in [1.54, 1.807) is 6.92 Å². The topological polar surface area (TPSA) is 37.3 Å². The summed E-state index contributed by atoms with van der Waals surface area (Å²) in [6.07, 6.45) is 9.63. The summed E-state index contributed by atoms with van der Waals surface area (Å²) in [5.41, 5.74) is -0.327. The van der Waals surface area contributed by atoms with Crippen molar-refractivity contribution >= 4 is 5.78 Å². The molecule has 0 aromatic carbocycles. The Morgan fingerprint density at radius 3 is 2.47 bits per heavy atom. The molecule has 4 aliphatic rings. The van der Waals surface area contributed by atoms with Gasteiger partial charge in [0, 0.05) is 5.92 Å². The van der Waals surface area contributed by atoms with Crippen LogP contribution in [-0.4, -0.2) is 16.5 Å². The molecular weight excluding hydrogens is 236 g/mol. The number of carbonyl (C=O) groups is 1. The van der Waals surface area contributed by atoms with E-state index in [-0.39, 0.29) is 11.7 Å². The maximum absolute atomic E-state index is 12.7. The van der Waals surface area contributed by atoms with E-state index < -0.39 is 11.0 Å². The molecule has 2 saturated carbocycles. The van der Waals surface area contributed by atoms with Gasteiger partial charge >= 0.3 is 0 Å². The average Bonchev–Trinajstić information content (AvgIpc) is 2.27. The second-order valence-corrected chi connectivity index (χ2v) is 7.39. The second kappa shape index (κ2) is 4.18. The Balaban J connectivity index is 2.09. The van der Waals surface area contributed by atoms with Gasteiger partial charge in [0.2, 0.25) is 0 Å². The van der Waals surface area contributed by atoms with Crippen LogP contribution in [0.15, 0.2) is 11.6 Å². The highest BCUT2D eigenvalue weighted by Gasteiger charge is 2.63. The van der Waals surface area contributed by atoms with Gasteiger partial charge in [0.15, 0.2) is 5.78 Å². The maximum Gasteiger partial charge on any atom is 0.174 e. The number of fused-ring (bicyclic) bond motifs is 1. The molecule has 19 heavy (non-hydrogen) atoms. The van der Waals surface area contributed by atoms with E-state index in [0.29, 0.717) is 11.8 Å². The van der Waals surface area contributed by atoms with Crippen LogP contribution in [0.25, 0.3) is 0 Å². The molecule has 106 valence electrons. The monoisotopic (exact) mass is 262 g/mol. The molecule has 0 radical (unpaired) electrons. The number of aliphatic hydroxyl groups is 1. The fourth-order valence-electron chi connectivity index (χ4n) is 5.44. The van der Waals surface area contributed by atoms with Crippen molar-refractivity contribution in [2.75, 3.05) is 0 Å².